The van der Waals surface area contributed by atoms with E-state index in [0.717, 1.165) is 11.3 Å². The molecule has 0 unspecified atom stereocenters. The van der Waals surface area contributed by atoms with Crippen LogP contribution in [0.4, 0.5) is 0 Å². The number of aliphatic carboxylic acids is 1. The van der Waals surface area contributed by atoms with Gasteiger partial charge in [-0.25, -0.2) is 14.8 Å². The smallest absolute Gasteiger partial charge is 0.379 e. The van der Waals surface area contributed by atoms with Gasteiger partial charge in [-0.2, -0.15) is 0 Å². The van der Waals surface area contributed by atoms with Gasteiger partial charge < -0.3 is 5.11 Å². The normalized spacial score (nSPS) is 10.3. The maximum absolute atomic E-state index is 11.0. The number of carboxylic acids is 1. The van der Waals surface area contributed by atoms with E-state index < -0.39 is 11.8 Å². The van der Waals surface area contributed by atoms with E-state index in [4.69, 9.17) is 5.11 Å². The number of Topliss-reactive ketones (excluding diaryl/α,β-unsaturated/α-hetero) is 1. The number of carboxylic acid groups (broad SMARTS) is 1. The predicted molar refractivity (Wildman–Crippen MR) is 49.4 cm³/mol. The molecule has 0 saturated heterocycles. The van der Waals surface area contributed by atoms with Crippen molar-refractivity contribution in [2.45, 2.75) is 0 Å². The molecule has 2 aromatic heterocycles. The first kappa shape index (κ1) is 8.76. The highest BCUT2D eigenvalue weighted by Gasteiger charge is 2.19. The Hall–Kier alpha value is -1.82. The molecule has 6 heteroatoms. The van der Waals surface area contributed by atoms with Crippen LogP contribution in [0, 0.1) is 0 Å². The van der Waals surface area contributed by atoms with Crippen LogP contribution in [0.1, 0.15) is 9.80 Å². The number of carbonyl (C=O) groups excluding carboxylic acids is 1. The Morgan fingerprint density at radius 2 is 2.21 bits per heavy atom. The molecule has 0 amide bonds. The highest BCUT2D eigenvalue weighted by atomic mass is 32.1. The van der Waals surface area contributed by atoms with Gasteiger partial charge in [0.2, 0.25) is 0 Å². The van der Waals surface area contributed by atoms with Gasteiger partial charge in [0.15, 0.2) is 5.01 Å². The van der Waals surface area contributed by atoms with Gasteiger partial charge in [0.05, 0.1) is 0 Å². The molecule has 0 atom stereocenters. The molecule has 0 radical (unpaired) electrons. The molecule has 2 rings (SSSR count). The summed E-state index contributed by atoms with van der Waals surface area (Å²) in [6, 6.07) is 3.36. The van der Waals surface area contributed by atoms with Gasteiger partial charge in [-0.1, -0.05) is 11.3 Å². The summed E-state index contributed by atoms with van der Waals surface area (Å²) in [4.78, 5) is 29.8. The summed E-state index contributed by atoms with van der Waals surface area (Å²) < 4.78 is 0. The molecule has 1 N–H and O–H groups in total. The van der Waals surface area contributed by atoms with E-state index in [2.05, 4.69) is 9.97 Å². The molecular formula is C8H4N2O3S. The summed E-state index contributed by atoms with van der Waals surface area (Å²) in [5.41, 5.74) is 0.544. The lowest BCUT2D eigenvalue weighted by Crippen LogP contribution is -2.11. The first-order chi connectivity index (χ1) is 6.68. The molecule has 2 heterocycles. The zero-order chi connectivity index (χ0) is 10.1. The molecule has 0 fully saturated rings. The number of pyridine rings is 1. The monoisotopic (exact) mass is 208 g/mol. The minimum Gasteiger partial charge on any atom is -0.475 e. The van der Waals surface area contributed by atoms with Gasteiger partial charge >= 0.3 is 5.97 Å². The standard InChI is InChI=1S/C8H4N2O3S/c11-5(8(12)13)7-10-4-2-1-3-9-6(4)14-7/h1-3H,(H,12,13). The molecule has 0 aliphatic rings. The Kier molecular flexibility index (Phi) is 1.97. The van der Waals surface area contributed by atoms with Crippen LogP contribution in [0.5, 0.6) is 0 Å². The van der Waals surface area contributed by atoms with E-state index in [9.17, 15) is 9.59 Å². The lowest BCUT2D eigenvalue weighted by molar-refractivity contribution is -0.131. The van der Waals surface area contributed by atoms with E-state index in [1.165, 1.54) is 0 Å². The van der Waals surface area contributed by atoms with Crippen LogP contribution in [-0.4, -0.2) is 26.8 Å². The molecule has 0 aromatic carbocycles. The number of aromatic nitrogens is 2. The van der Waals surface area contributed by atoms with E-state index in [1.54, 1.807) is 18.3 Å². The molecule has 0 aliphatic heterocycles. The van der Waals surface area contributed by atoms with Crippen LogP contribution in [0.2, 0.25) is 0 Å². The second kappa shape index (κ2) is 3.15. The van der Waals surface area contributed by atoms with E-state index in [0.29, 0.717) is 10.3 Å². The second-order valence-electron chi connectivity index (χ2n) is 2.48. The Bertz CT molecular complexity index is 487. The largest absolute Gasteiger partial charge is 0.475 e. The minimum absolute atomic E-state index is 0.0359. The summed E-state index contributed by atoms with van der Waals surface area (Å²) in [7, 11) is 0. The van der Waals surface area contributed by atoms with Crippen molar-refractivity contribution in [2.75, 3.05) is 0 Å². The van der Waals surface area contributed by atoms with Crippen LogP contribution < -0.4 is 0 Å². The molecule has 70 valence electrons. The van der Waals surface area contributed by atoms with Gasteiger partial charge in [0.1, 0.15) is 10.3 Å². The molecule has 0 spiro atoms. The fourth-order valence-corrected chi connectivity index (χ4v) is 1.80. The predicted octanol–water partition coefficient (Wildman–Crippen LogP) is 0.959. The number of fused-ring (bicyclic) bond motifs is 1. The Morgan fingerprint density at radius 1 is 1.43 bits per heavy atom. The highest BCUT2D eigenvalue weighted by Crippen LogP contribution is 2.19. The Morgan fingerprint density at radius 3 is 2.86 bits per heavy atom. The Labute approximate surface area is 82.0 Å². The average Bonchev–Trinajstić information content (AvgIpc) is 2.59. The number of thiazole rings is 1. The van der Waals surface area contributed by atoms with Crippen LogP contribution in [0.3, 0.4) is 0 Å². The van der Waals surface area contributed by atoms with E-state index >= 15 is 0 Å². The van der Waals surface area contributed by atoms with Crippen LogP contribution in [0.15, 0.2) is 18.3 Å². The van der Waals surface area contributed by atoms with Gasteiger partial charge in [0, 0.05) is 6.20 Å². The summed E-state index contributed by atoms with van der Waals surface area (Å²) >= 11 is 0.981. The fourth-order valence-electron chi connectivity index (χ4n) is 0.958. The van der Waals surface area contributed by atoms with Crippen molar-refractivity contribution in [1.82, 2.24) is 9.97 Å². The van der Waals surface area contributed by atoms with Crippen molar-refractivity contribution in [3.05, 3.63) is 23.3 Å². The van der Waals surface area contributed by atoms with E-state index in [-0.39, 0.29) is 5.01 Å². The first-order valence-electron chi connectivity index (χ1n) is 3.67. The zero-order valence-corrected chi connectivity index (χ0v) is 7.61. The van der Waals surface area contributed by atoms with Crippen molar-refractivity contribution in [3.8, 4) is 0 Å². The number of ketones is 1. The van der Waals surface area contributed by atoms with Gasteiger partial charge in [-0.3, -0.25) is 4.79 Å². The number of nitrogens with zero attached hydrogens (tertiary/aromatic N) is 2. The quantitative estimate of drug-likeness (QED) is 0.587. The van der Waals surface area contributed by atoms with Gasteiger partial charge in [0.25, 0.3) is 5.78 Å². The summed E-state index contributed by atoms with van der Waals surface area (Å²) in [6.45, 7) is 0. The maximum Gasteiger partial charge on any atom is 0.379 e. The van der Waals surface area contributed by atoms with Crippen molar-refractivity contribution in [3.63, 3.8) is 0 Å². The molecule has 2 aromatic rings. The number of rotatable bonds is 2. The first-order valence-corrected chi connectivity index (χ1v) is 4.49. The molecule has 0 bridgehead atoms. The highest BCUT2D eigenvalue weighted by molar-refractivity contribution is 7.20. The lowest BCUT2D eigenvalue weighted by atomic mass is 10.4. The fraction of sp³-hybridized carbons (Fsp3) is 0. The number of hydrogen-bond acceptors (Lipinski definition) is 5. The minimum atomic E-state index is -1.50. The molecular weight excluding hydrogens is 204 g/mol. The summed E-state index contributed by atoms with van der Waals surface area (Å²) in [5.74, 6) is -2.49. The third-order valence-corrected chi connectivity index (χ3v) is 2.53. The lowest BCUT2D eigenvalue weighted by Gasteiger charge is -1.84. The van der Waals surface area contributed by atoms with Crippen molar-refractivity contribution in [1.29, 1.82) is 0 Å². The Balaban J connectivity index is 2.55. The van der Waals surface area contributed by atoms with Crippen molar-refractivity contribution in [2.24, 2.45) is 0 Å². The third kappa shape index (κ3) is 1.35. The third-order valence-electron chi connectivity index (χ3n) is 1.55. The van der Waals surface area contributed by atoms with Crippen molar-refractivity contribution < 1.29 is 14.7 Å². The van der Waals surface area contributed by atoms with E-state index in [1.807, 2.05) is 0 Å². The van der Waals surface area contributed by atoms with Crippen LogP contribution in [-0.2, 0) is 4.79 Å². The zero-order valence-electron chi connectivity index (χ0n) is 6.80. The number of hydrogen-bond donors (Lipinski definition) is 1. The molecule has 0 saturated carbocycles. The molecule has 14 heavy (non-hydrogen) atoms. The molecule has 0 aliphatic carbocycles. The van der Waals surface area contributed by atoms with Crippen LogP contribution >= 0.6 is 11.3 Å². The van der Waals surface area contributed by atoms with Gasteiger partial charge in [-0.05, 0) is 12.1 Å². The van der Waals surface area contributed by atoms with Crippen LogP contribution in [0.25, 0.3) is 10.3 Å². The van der Waals surface area contributed by atoms with Gasteiger partial charge in [-0.15, -0.1) is 0 Å². The second-order valence-corrected chi connectivity index (χ2v) is 3.46. The topological polar surface area (TPSA) is 80.1 Å². The average molecular weight is 208 g/mol. The van der Waals surface area contributed by atoms with Crippen molar-refractivity contribution >= 4 is 33.4 Å². The SMILES string of the molecule is O=C(O)C(=O)c1nc2cccnc2s1. The summed E-state index contributed by atoms with van der Waals surface area (Å²) in [6.07, 6.45) is 1.57. The maximum atomic E-state index is 11.0. The number of carbonyl (C=O) groups is 2. The summed E-state index contributed by atoms with van der Waals surface area (Å²) in [5, 5.41) is 8.42. The molecule has 5 nitrogen and oxygen atoms in total.